The second kappa shape index (κ2) is 6.27. The maximum absolute atomic E-state index is 12.0. The largest absolute Gasteiger partial charge is 0.480 e. The van der Waals surface area contributed by atoms with Crippen LogP contribution in [-0.2, 0) is 4.79 Å². The number of carboxylic acid groups (broad SMARTS) is 1. The number of amides is 2. The standard InChI is InChI=1S/C15H17N3O3/c16-10-11-4-6-12(7-5-11)17-14(21)18-15(13(19)20)8-2-1-3-9-15/h4-7H,1-3,8-9H2,(H,19,20)(H2,17,18,21). The molecule has 0 bridgehead atoms. The first-order chi connectivity index (χ1) is 10.1. The Morgan fingerprint density at radius 1 is 1.14 bits per heavy atom. The average molecular weight is 287 g/mol. The molecule has 0 spiro atoms. The zero-order valence-electron chi connectivity index (χ0n) is 11.6. The van der Waals surface area contributed by atoms with Gasteiger partial charge in [-0.3, -0.25) is 0 Å². The first-order valence-electron chi connectivity index (χ1n) is 6.88. The molecule has 110 valence electrons. The van der Waals surface area contributed by atoms with Gasteiger partial charge in [-0.1, -0.05) is 19.3 Å². The van der Waals surface area contributed by atoms with E-state index in [0.717, 1.165) is 19.3 Å². The van der Waals surface area contributed by atoms with Crippen LogP contribution in [0.1, 0.15) is 37.7 Å². The third-order valence-corrected chi connectivity index (χ3v) is 3.74. The normalized spacial score (nSPS) is 16.5. The summed E-state index contributed by atoms with van der Waals surface area (Å²) in [5.74, 6) is -0.989. The van der Waals surface area contributed by atoms with E-state index >= 15 is 0 Å². The summed E-state index contributed by atoms with van der Waals surface area (Å²) in [6, 6.07) is 7.83. The van der Waals surface area contributed by atoms with Crippen molar-refractivity contribution in [1.82, 2.24) is 5.32 Å². The molecule has 1 aromatic rings. The Bertz CT molecular complexity index is 569. The molecule has 2 amide bonds. The highest BCUT2D eigenvalue weighted by atomic mass is 16.4. The van der Waals surface area contributed by atoms with Crippen molar-refractivity contribution in [3.63, 3.8) is 0 Å². The number of carboxylic acids is 1. The molecule has 1 aliphatic rings. The van der Waals surface area contributed by atoms with Crippen molar-refractivity contribution in [1.29, 1.82) is 5.26 Å². The Labute approximate surface area is 122 Å². The van der Waals surface area contributed by atoms with E-state index in [9.17, 15) is 14.7 Å². The summed E-state index contributed by atoms with van der Waals surface area (Å²) in [5, 5.41) is 23.3. The van der Waals surface area contributed by atoms with Gasteiger partial charge in [-0.05, 0) is 37.1 Å². The number of rotatable bonds is 3. The SMILES string of the molecule is N#Cc1ccc(NC(=O)NC2(C(=O)O)CCCCC2)cc1. The third kappa shape index (κ3) is 3.51. The van der Waals surface area contributed by atoms with Crippen LogP contribution in [0.5, 0.6) is 0 Å². The number of carbonyl (C=O) groups excluding carboxylic acids is 1. The van der Waals surface area contributed by atoms with Crippen molar-refractivity contribution >= 4 is 17.7 Å². The molecule has 0 aromatic heterocycles. The number of benzene rings is 1. The summed E-state index contributed by atoms with van der Waals surface area (Å²) >= 11 is 0. The first-order valence-corrected chi connectivity index (χ1v) is 6.88. The fraction of sp³-hybridized carbons (Fsp3) is 0.400. The molecule has 6 heteroatoms. The third-order valence-electron chi connectivity index (χ3n) is 3.74. The predicted molar refractivity (Wildman–Crippen MR) is 76.8 cm³/mol. The fourth-order valence-electron chi connectivity index (χ4n) is 2.56. The van der Waals surface area contributed by atoms with Gasteiger partial charge in [-0.2, -0.15) is 5.26 Å². The molecule has 0 aliphatic heterocycles. The van der Waals surface area contributed by atoms with Crippen LogP contribution < -0.4 is 10.6 Å². The molecule has 0 unspecified atom stereocenters. The Hall–Kier alpha value is -2.55. The van der Waals surface area contributed by atoms with Gasteiger partial charge >= 0.3 is 12.0 Å². The van der Waals surface area contributed by atoms with Crippen molar-refractivity contribution in [2.24, 2.45) is 0 Å². The smallest absolute Gasteiger partial charge is 0.329 e. The summed E-state index contributed by atoms with van der Waals surface area (Å²) < 4.78 is 0. The van der Waals surface area contributed by atoms with Crippen LogP contribution in [0.15, 0.2) is 24.3 Å². The lowest BCUT2D eigenvalue weighted by Crippen LogP contribution is -2.56. The number of urea groups is 1. The first kappa shape index (κ1) is 14.9. The molecular formula is C15H17N3O3. The topological polar surface area (TPSA) is 102 Å². The summed E-state index contributed by atoms with van der Waals surface area (Å²) in [6.45, 7) is 0. The van der Waals surface area contributed by atoms with Crippen LogP contribution in [-0.4, -0.2) is 22.6 Å². The number of aliphatic carboxylic acids is 1. The summed E-state index contributed by atoms with van der Waals surface area (Å²) in [5.41, 5.74) is -0.160. The van der Waals surface area contributed by atoms with Crippen LogP contribution in [0, 0.1) is 11.3 Å². The minimum absolute atomic E-state index is 0.448. The Morgan fingerprint density at radius 3 is 2.29 bits per heavy atom. The monoisotopic (exact) mass is 287 g/mol. The van der Waals surface area contributed by atoms with Gasteiger partial charge in [0.25, 0.3) is 0 Å². The van der Waals surface area contributed by atoms with Crippen molar-refractivity contribution in [2.45, 2.75) is 37.6 Å². The van der Waals surface area contributed by atoms with Crippen LogP contribution in [0.25, 0.3) is 0 Å². The minimum Gasteiger partial charge on any atom is -0.480 e. The van der Waals surface area contributed by atoms with Gasteiger partial charge in [0.1, 0.15) is 5.54 Å². The molecule has 21 heavy (non-hydrogen) atoms. The molecule has 0 radical (unpaired) electrons. The number of hydrogen-bond donors (Lipinski definition) is 3. The lowest BCUT2D eigenvalue weighted by atomic mass is 9.82. The van der Waals surface area contributed by atoms with Crippen molar-refractivity contribution in [3.8, 4) is 6.07 Å². The van der Waals surface area contributed by atoms with Crippen LogP contribution in [0.2, 0.25) is 0 Å². The number of nitrogens with one attached hydrogen (secondary N) is 2. The maximum Gasteiger partial charge on any atom is 0.329 e. The highest BCUT2D eigenvalue weighted by Crippen LogP contribution is 2.28. The van der Waals surface area contributed by atoms with E-state index < -0.39 is 17.5 Å². The van der Waals surface area contributed by atoms with Crippen LogP contribution in [0.4, 0.5) is 10.5 Å². The molecular weight excluding hydrogens is 270 g/mol. The molecule has 1 fully saturated rings. The van der Waals surface area contributed by atoms with Crippen molar-refractivity contribution in [2.75, 3.05) is 5.32 Å². The average Bonchev–Trinajstić information content (AvgIpc) is 2.48. The Morgan fingerprint density at radius 2 is 1.76 bits per heavy atom. The minimum atomic E-state index is -1.17. The van der Waals surface area contributed by atoms with E-state index in [1.54, 1.807) is 24.3 Å². The van der Waals surface area contributed by atoms with Crippen molar-refractivity contribution in [3.05, 3.63) is 29.8 Å². The van der Waals surface area contributed by atoms with Crippen LogP contribution in [0.3, 0.4) is 0 Å². The van der Waals surface area contributed by atoms with E-state index in [-0.39, 0.29) is 0 Å². The molecule has 3 N–H and O–H groups in total. The van der Waals surface area contributed by atoms with Gasteiger partial charge in [0, 0.05) is 5.69 Å². The molecule has 1 aliphatic carbocycles. The van der Waals surface area contributed by atoms with Gasteiger partial charge in [-0.15, -0.1) is 0 Å². The molecule has 0 heterocycles. The molecule has 2 rings (SSSR count). The fourth-order valence-corrected chi connectivity index (χ4v) is 2.56. The van der Waals surface area contributed by atoms with Crippen molar-refractivity contribution < 1.29 is 14.7 Å². The number of nitriles is 1. The molecule has 6 nitrogen and oxygen atoms in total. The van der Waals surface area contributed by atoms with Gasteiger partial charge in [0.15, 0.2) is 0 Å². The predicted octanol–water partition coefficient (Wildman–Crippen LogP) is 2.47. The summed E-state index contributed by atoms with van der Waals surface area (Å²) in [6.07, 6.45) is 3.48. The summed E-state index contributed by atoms with van der Waals surface area (Å²) in [4.78, 5) is 23.5. The zero-order valence-corrected chi connectivity index (χ0v) is 11.6. The second-order valence-electron chi connectivity index (χ2n) is 5.22. The lowest BCUT2D eigenvalue weighted by molar-refractivity contribution is -0.145. The number of nitrogens with zero attached hydrogens (tertiary/aromatic N) is 1. The van der Waals surface area contributed by atoms with E-state index in [2.05, 4.69) is 10.6 Å². The molecule has 0 atom stereocenters. The van der Waals surface area contributed by atoms with E-state index in [1.165, 1.54) is 0 Å². The molecule has 1 aromatic carbocycles. The highest BCUT2D eigenvalue weighted by Gasteiger charge is 2.40. The number of anilines is 1. The zero-order chi connectivity index (χ0) is 15.3. The van der Waals surface area contributed by atoms with Gasteiger partial charge in [0.05, 0.1) is 11.6 Å². The van der Waals surface area contributed by atoms with Gasteiger partial charge < -0.3 is 15.7 Å². The summed E-state index contributed by atoms with van der Waals surface area (Å²) in [7, 11) is 0. The quantitative estimate of drug-likeness (QED) is 0.794. The highest BCUT2D eigenvalue weighted by molar-refractivity contribution is 5.94. The molecule has 0 saturated heterocycles. The lowest BCUT2D eigenvalue weighted by Gasteiger charge is -2.33. The number of hydrogen-bond acceptors (Lipinski definition) is 3. The van der Waals surface area contributed by atoms with Crippen LogP contribution >= 0.6 is 0 Å². The van der Waals surface area contributed by atoms with E-state index in [0.29, 0.717) is 24.1 Å². The van der Waals surface area contributed by atoms with E-state index in [4.69, 9.17) is 5.26 Å². The Balaban J connectivity index is 2.02. The van der Waals surface area contributed by atoms with Gasteiger partial charge in [-0.25, -0.2) is 9.59 Å². The van der Waals surface area contributed by atoms with E-state index in [1.807, 2.05) is 6.07 Å². The number of carbonyl (C=O) groups is 2. The Kier molecular flexibility index (Phi) is 4.43. The maximum atomic E-state index is 12.0. The molecule has 1 saturated carbocycles. The van der Waals surface area contributed by atoms with Gasteiger partial charge in [0.2, 0.25) is 0 Å². The second-order valence-corrected chi connectivity index (χ2v) is 5.22.